The molecule has 0 saturated carbocycles. The van der Waals surface area contributed by atoms with Crippen LogP contribution in [0.25, 0.3) is 0 Å². The summed E-state index contributed by atoms with van der Waals surface area (Å²) >= 11 is 0. The van der Waals surface area contributed by atoms with E-state index in [4.69, 9.17) is 5.11 Å². The lowest BCUT2D eigenvalue weighted by Crippen LogP contribution is -2.07. The van der Waals surface area contributed by atoms with E-state index in [-0.39, 0.29) is 0 Å². The van der Waals surface area contributed by atoms with E-state index in [9.17, 15) is 0 Å². The van der Waals surface area contributed by atoms with E-state index in [1.54, 1.807) is 0 Å². The van der Waals surface area contributed by atoms with Crippen LogP contribution in [0.1, 0.15) is 13.8 Å². The minimum atomic E-state index is -0.871. The molecule has 0 fully saturated rings. The van der Waals surface area contributed by atoms with Gasteiger partial charge in [-0.25, -0.2) is 9.78 Å². The maximum atomic E-state index is 8.49. The van der Waals surface area contributed by atoms with Gasteiger partial charge in [0.25, 0.3) is 0 Å². The quantitative estimate of drug-likeness (QED) is 0.267. The summed E-state index contributed by atoms with van der Waals surface area (Å²) in [5, 5.41) is 8.49. The fraction of sp³-hybridized carbons (Fsp3) is 0.667. The zero-order chi connectivity index (χ0) is 7.28. The molecule has 0 saturated heterocycles. The van der Waals surface area contributed by atoms with Crippen molar-refractivity contribution >= 4 is 0 Å². The highest BCUT2D eigenvalue weighted by atomic mass is 17.2. The van der Waals surface area contributed by atoms with Crippen LogP contribution < -0.4 is 0 Å². The van der Waals surface area contributed by atoms with E-state index in [2.05, 4.69) is 16.4 Å². The van der Waals surface area contributed by atoms with E-state index in [0.717, 1.165) is 5.57 Å². The lowest BCUT2D eigenvalue weighted by Gasteiger charge is -2.04. The summed E-state index contributed by atoms with van der Waals surface area (Å²) in [4.78, 5) is 8.85. The number of hydrogen-bond acceptors (Lipinski definition) is 3. The van der Waals surface area contributed by atoms with Gasteiger partial charge >= 0.3 is 0 Å². The molecular formula is C6H12O3. The Hall–Kier alpha value is -0.380. The Bertz CT molecular complexity index is 88.3. The highest BCUT2D eigenvalue weighted by Gasteiger charge is 1.93. The van der Waals surface area contributed by atoms with Gasteiger partial charge in [0.1, 0.15) is 6.61 Å². The Morgan fingerprint density at radius 3 is 2.67 bits per heavy atom. The summed E-state index contributed by atoms with van der Waals surface area (Å²) < 4.78 is 0. The first-order chi connectivity index (χ1) is 4.13. The molecule has 0 aliphatic heterocycles. The van der Waals surface area contributed by atoms with Crippen LogP contribution in [0.3, 0.4) is 0 Å². The average molecular weight is 132 g/mol. The number of rotatable bonds is 4. The minimum Gasteiger partial charge on any atom is -0.366 e. The monoisotopic (exact) mass is 132 g/mol. The molecule has 0 aliphatic rings. The second kappa shape index (κ2) is 4.49. The summed E-state index contributed by atoms with van der Waals surface area (Å²) in [6.07, 6.45) is -0.871. The Kier molecular flexibility index (Phi) is 4.30. The predicted octanol–water partition coefficient (Wildman–Crippen LogP) is 0.849. The minimum absolute atomic E-state index is 0.324. The number of hydrogen-bond donors (Lipinski definition) is 1. The van der Waals surface area contributed by atoms with Crippen molar-refractivity contribution in [1.29, 1.82) is 0 Å². The summed E-state index contributed by atoms with van der Waals surface area (Å²) in [6.45, 7) is 7.17. The topological polar surface area (TPSA) is 38.7 Å². The first-order valence-electron chi connectivity index (χ1n) is 2.73. The van der Waals surface area contributed by atoms with Gasteiger partial charge in [-0.15, -0.1) is 0 Å². The van der Waals surface area contributed by atoms with Gasteiger partial charge in [-0.05, 0) is 13.8 Å². The molecule has 0 heterocycles. The second-order valence-electron chi connectivity index (χ2n) is 1.91. The molecule has 1 unspecified atom stereocenters. The van der Waals surface area contributed by atoms with E-state index in [0.29, 0.717) is 6.61 Å². The summed E-state index contributed by atoms with van der Waals surface area (Å²) in [7, 11) is 0. The van der Waals surface area contributed by atoms with E-state index in [1.165, 1.54) is 6.92 Å². The first kappa shape index (κ1) is 8.62. The van der Waals surface area contributed by atoms with Gasteiger partial charge < -0.3 is 5.11 Å². The highest BCUT2D eigenvalue weighted by molar-refractivity contribution is 4.86. The van der Waals surface area contributed by atoms with Crippen molar-refractivity contribution in [2.75, 3.05) is 6.61 Å². The van der Waals surface area contributed by atoms with Crippen LogP contribution in [0.15, 0.2) is 12.2 Å². The largest absolute Gasteiger partial charge is 0.366 e. The van der Waals surface area contributed by atoms with E-state index in [1.807, 2.05) is 6.92 Å². The van der Waals surface area contributed by atoms with Crippen molar-refractivity contribution in [3.8, 4) is 0 Å². The third-order valence-corrected chi connectivity index (χ3v) is 0.513. The van der Waals surface area contributed by atoms with Crippen LogP contribution >= 0.6 is 0 Å². The molecular weight excluding hydrogens is 120 g/mol. The molecule has 0 spiro atoms. The molecule has 1 atom stereocenters. The molecule has 0 aliphatic carbocycles. The Balaban J connectivity index is 3.01. The van der Waals surface area contributed by atoms with Gasteiger partial charge in [0.2, 0.25) is 0 Å². The molecule has 54 valence electrons. The molecule has 0 aromatic carbocycles. The van der Waals surface area contributed by atoms with Gasteiger partial charge in [0, 0.05) is 0 Å². The second-order valence-corrected chi connectivity index (χ2v) is 1.91. The van der Waals surface area contributed by atoms with Gasteiger partial charge in [-0.3, -0.25) is 0 Å². The maximum absolute atomic E-state index is 8.49. The lowest BCUT2D eigenvalue weighted by molar-refractivity contribution is -0.359. The van der Waals surface area contributed by atoms with Crippen molar-refractivity contribution in [3.05, 3.63) is 12.2 Å². The van der Waals surface area contributed by atoms with E-state index >= 15 is 0 Å². The van der Waals surface area contributed by atoms with Gasteiger partial charge in [0.15, 0.2) is 6.29 Å². The van der Waals surface area contributed by atoms with Crippen LogP contribution in [-0.2, 0) is 9.78 Å². The fourth-order valence-corrected chi connectivity index (χ4v) is 0.233. The average Bonchev–Trinajstić information content (AvgIpc) is 1.63. The Labute approximate surface area is 54.8 Å². The van der Waals surface area contributed by atoms with Crippen molar-refractivity contribution in [3.63, 3.8) is 0 Å². The normalized spacial score (nSPS) is 13.2. The van der Waals surface area contributed by atoms with Crippen molar-refractivity contribution in [1.82, 2.24) is 0 Å². The van der Waals surface area contributed by atoms with Crippen LogP contribution in [0.4, 0.5) is 0 Å². The van der Waals surface area contributed by atoms with Crippen molar-refractivity contribution < 1.29 is 14.9 Å². The van der Waals surface area contributed by atoms with Crippen LogP contribution in [-0.4, -0.2) is 18.0 Å². The molecule has 0 bridgehead atoms. The first-order valence-corrected chi connectivity index (χ1v) is 2.73. The molecule has 0 aromatic heterocycles. The summed E-state index contributed by atoms with van der Waals surface area (Å²) in [5.41, 5.74) is 0.857. The number of aliphatic hydroxyl groups excluding tert-OH is 1. The van der Waals surface area contributed by atoms with Crippen LogP contribution in [0.5, 0.6) is 0 Å². The summed E-state index contributed by atoms with van der Waals surface area (Å²) in [6, 6.07) is 0. The van der Waals surface area contributed by atoms with Gasteiger partial charge in [-0.2, -0.15) is 0 Å². The maximum Gasteiger partial charge on any atom is 0.185 e. The third-order valence-electron chi connectivity index (χ3n) is 0.513. The molecule has 1 N–H and O–H groups in total. The Morgan fingerprint density at radius 1 is 1.78 bits per heavy atom. The molecule has 3 nitrogen and oxygen atoms in total. The van der Waals surface area contributed by atoms with Gasteiger partial charge in [-0.1, -0.05) is 12.2 Å². The van der Waals surface area contributed by atoms with Crippen LogP contribution in [0, 0.1) is 0 Å². The summed E-state index contributed by atoms with van der Waals surface area (Å²) in [5.74, 6) is 0. The smallest absolute Gasteiger partial charge is 0.185 e. The molecule has 0 rings (SSSR count). The fourth-order valence-electron chi connectivity index (χ4n) is 0.233. The van der Waals surface area contributed by atoms with E-state index < -0.39 is 6.29 Å². The predicted molar refractivity (Wildman–Crippen MR) is 33.5 cm³/mol. The zero-order valence-corrected chi connectivity index (χ0v) is 5.76. The van der Waals surface area contributed by atoms with Gasteiger partial charge in [0.05, 0.1) is 0 Å². The van der Waals surface area contributed by atoms with Crippen LogP contribution in [0.2, 0.25) is 0 Å². The highest BCUT2D eigenvalue weighted by Crippen LogP contribution is 1.91. The number of aliphatic hydroxyl groups is 1. The Morgan fingerprint density at radius 2 is 2.33 bits per heavy atom. The molecule has 3 heteroatoms. The lowest BCUT2D eigenvalue weighted by atomic mass is 10.4. The molecule has 0 amide bonds. The molecule has 9 heavy (non-hydrogen) atoms. The molecule has 0 radical (unpaired) electrons. The third kappa shape index (κ3) is 7.62. The van der Waals surface area contributed by atoms with Crippen molar-refractivity contribution in [2.24, 2.45) is 0 Å². The molecule has 0 aromatic rings. The standard InChI is InChI=1S/C6H12O3/c1-5(2)4-8-9-6(3)7/h6-7H,1,4H2,2-3H3. The SMILES string of the molecule is C=C(C)COOC(C)O. The van der Waals surface area contributed by atoms with Crippen molar-refractivity contribution in [2.45, 2.75) is 20.1 Å². The zero-order valence-electron chi connectivity index (χ0n) is 5.76.